The number of carbonyl (C=O) groups is 1. The van der Waals surface area contributed by atoms with Gasteiger partial charge in [-0.1, -0.05) is 27.2 Å². The fourth-order valence-electron chi connectivity index (χ4n) is 2.28. The Bertz CT molecular complexity index is 216. The van der Waals surface area contributed by atoms with Crippen LogP contribution in [-0.4, -0.2) is 24.5 Å². The molecule has 0 heterocycles. The minimum Gasteiger partial charge on any atom is -0.353 e. The first-order valence-electron chi connectivity index (χ1n) is 6.62. The maximum absolute atomic E-state index is 11.7. The van der Waals surface area contributed by atoms with E-state index in [0.717, 1.165) is 19.4 Å². The zero-order chi connectivity index (χ0) is 12.0. The molecule has 0 saturated heterocycles. The Morgan fingerprint density at radius 1 is 1.38 bits per heavy atom. The van der Waals surface area contributed by atoms with Gasteiger partial charge in [-0.15, -0.1) is 0 Å². The van der Waals surface area contributed by atoms with E-state index in [2.05, 4.69) is 31.4 Å². The molecule has 0 aliphatic heterocycles. The molecule has 0 radical (unpaired) electrons. The third-order valence-electron chi connectivity index (χ3n) is 3.34. The first-order chi connectivity index (χ1) is 7.59. The Morgan fingerprint density at radius 2 is 2.12 bits per heavy atom. The van der Waals surface area contributed by atoms with E-state index in [4.69, 9.17) is 0 Å². The van der Waals surface area contributed by atoms with Gasteiger partial charge in [0.25, 0.3) is 0 Å². The van der Waals surface area contributed by atoms with E-state index in [0.29, 0.717) is 24.4 Å². The number of rotatable bonds is 6. The molecular weight excluding hydrogens is 200 g/mol. The van der Waals surface area contributed by atoms with Gasteiger partial charge in [0, 0.05) is 18.5 Å². The first kappa shape index (κ1) is 13.5. The van der Waals surface area contributed by atoms with Crippen molar-refractivity contribution in [2.45, 2.75) is 65.0 Å². The molecule has 3 heteroatoms. The van der Waals surface area contributed by atoms with Crippen LogP contribution in [0.1, 0.15) is 52.9 Å². The molecule has 0 aromatic rings. The van der Waals surface area contributed by atoms with E-state index in [1.54, 1.807) is 0 Å². The van der Waals surface area contributed by atoms with Crippen LogP contribution in [0.3, 0.4) is 0 Å². The third kappa shape index (κ3) is 4.97. The lowest BCUT2D eigenvalue weighted by molar-refractivity contribution is -0.122. The highest BCUT2D eigenvalue weighted by Gasteiger charge is 2.24. The number of nitrogens with one attached hydrogen (secondary N) is 2. The average Bonchev–Trinajstić information content (AvgIpc) is 2.59. The van der Waals surface area contributed by atoms with Crippen molar-refractivity contribution >= 4 is 5.91 Å². The first-order valence-corrected chi connectivity index (χ1v) is 6.62. The Labute approximate surface area is 99.4 Å². The van der Waals surface area contributed by atoms with Gasteiger partial charge in [0.1, 0.15) is 0 Å². The van der Waals surface area contributed by atoms with E-state index >= 15 is 0 Å². The molecule has 2 N–H and O–H groups in total. The minimum absolute atomic E-state index is 0.226. The van der Waals surface area contributed by atoms with Crippen LogP contribution in [0.4, 0.5) is 0 Å². The van der Waals surface area contributed by atoms with Crippen molar-refractivity contribution in [3.05, 3.63) is 0 Å². The SMILES string of the molecule is CC(C)NCCCC(=O)NC1CCCC1C. The molecule has 1 rings (SSSR count). The average molecular weight is 226 g/mol. The summed E-state index contributed by atoms with van der Waals surface area (Å²) in [5.74, 6) is 0.891. The highest BCUT2D eigenvalue weighted by Crippen LogP contribution is 2.24. The van der Waals surface area contributed by atoms with Crippen LogP contribution in [0.25, 0.3) is 0 Å². The molecule has 1 aliphatic carbocycles. The number of amides is 1. The fourth-order valence-corrected chi connectivity index (χ4v) is 2.28. The highest BCUT2D eigenvalue weighted by molar-refractivity contribution is 5.76. The molecule has 0 aromatic heterocycles. The molecule has 94 valence electrons. The zero-order valence-corrected chi connectivity index (χ0v) is 10.9. The number of hydrogen-bond acceptors (Lipinski definition) is 2. The Balaban J connectivity index is 2.06. The smallest absolute Gasteiger partial charge is 0.220 e. The molecule has 1 aliphatic rings. The Morgan fingerprint density at radius 3 is 2.69 bits per heavy atom. The van der Waals surface area contributed by atoms with Crippen LogP contribution < -0.4 is 10.6 Å². The third-order valence-corrected chi connectivity index (χ3v) is 3.34. The second-order valence-corrected chi connectivity index (χ2v) is 5.29. The molecule has 3 nitrogen and oxygen atoms in total. The topological polar surface area (TPSA) is 41.1 Å². The van der Waals surface area contributed by atoms with Gasteiger partial charge in [-0.25, -0.2) is 0 Å². The van der Waals surface area contributed by atoms with Gasteiger partial charge in [-0.05, 0) is 31.7 Å². The summed E-state index contributed by atoms with van der Waals surface area (Å²) < 4.78 is 0. The molecule has 2 unspecified atom stereocenters. The minimum atomic E-state index is 0.226. The summed E-state index contributed by atoms with van der Waals surface area (Å²) in [6.07, 6.45) is 5.28. The lowest BCUT2D eigenvalue weighted by Gasteiger charge is -2.17. The van der Waals surface area contributed by atoms with Crippen molar-refractivity contribution in [2.24, 2.45) is 5.92 Å². The van der Waals surface area contributed by atoms with E-state index < -0.39 is 0 Å². The summed E-state index contributed by atoms with van der Waals surface area (Å²) in [6, 6.07) is 0.948. The second-order valence-electron chi connectivity index (χ2n) is 5.29. The largest absolute Gasteiger partial charge is 0.353 e. The van der Waals surface area contributed by atoms with Crippen LogP contribution in [0.5, 0.6) is 0 Å². The molecule has 16 heavy (non-hydrogen) atoms. The van der Waals surface area contributed by atoms with Crippen molar-refractivity contribution in [2.75, 3.05) is 6.54 Å². The fraction of sp³-hybridized carbons (Fsp3) is 0.923. The normalized spacial score (nSPS) is 25.0. The Kier molecular flexibility index (Phi) is 5.81. The van der Waals surface area contributed by atoms with Crippen molar-refractivity contribution in [3.8, 4) is 0 Å². The van der Waals surface area contributed by atoms with Gasteiger partial charge in [0.05, 0.1) is 0 Å². The zero-order valence-electron chi connectivity index (χ0n) is 10.9. The van der Waals surface area contributed by atoms with Gasteiger partial charge >= 0.3 is 0 Å². The second kappa shape index (κ2) is 6.89. The summed E-state index contributed by atoms with van der Waals surface area (Å²) in [7, 11) is 0. The van der Waals surface area contributed by atoms with Gasteiger partial charge in [0.2, 0.25) is 5.91 Å². The number of carbonyl (C=O) groups excluding carboxylic acids is 1. The van der Waals surface area contributed by atoms with Crippen LogP contribution in [0.2, 0.25) is 0 Å². The molecule has 2 atom stereocenters. The number of hydrogen-bond donors (Lipinski definition) is 2. The van der Waals surface area contributed by atoms with E-state index in [1.165, 1.54) is 12.8 Å². The van der Waals surface area contributed by atoms with Crippen LogP contribution in [0, 0.1) is 5.92 Å². The Hall–Kier alpha value is -0.570. The summed E-state index contributed by atoms with van der Waals surface area (Å²) >= 11 is 0. The van der Waals surface area contributed by atoms with Crippen LogP contribution >= 0.6 is 0 Å². The quantitative estimate of drug-likeness (QED) is 0.681. The van der Waals surface area contributed by atoms with Crippen molar-refractivity contribution in [1.82, 2.24) is 10.6 Å². The summed E-state index contributed by atoms with van der Waals surface area (Å²) in [6.45, 7) is 7.42. The van der Waals surface area contributed by atoms with Crippen LogP contribution in [0.15, 0.2) is 0 Å². The monoisotopic (exact) mass is 226 g/mol. The highest BCUT2D eigenvalue weighted by atomic mass is 16.1. The lowest BCUT2D eigenvalue weighted by atomic mass is 10.1. The van der Waals surface area contributed by atoms with Gasteiger partial charge in [-0.2, -0.15) is 0 Å². The van der Waals surface area contributed by atoms with Crippen molar-refractivity contribution in [3.63, 3.8) is 0 Å². The standard InChI is InChI=1S/C13H26N2O/c1-10(2)14-9-5-8-13(16)15-12-7-4-6-11(12)3/h10-12,14H,4-9H2,1-3H3,(H,15,16). The predicted octanol–water partition coefficient (Wildman–Crippen LogP) is 2.07. The van der Waals surface area contributed by atoms with Gasteiger partial charge < -0.3 is 10.6 Å². The predicted molar refractivity (Wildman–Crippen MR) is 67.3 cm³/mol. The van der Waals surface area contributed by atoms with Gasteiger partial charge in [-0.3, -0.25) is 4.79 Å². The van der Waals surface area contributed by atoms with E-state index in [1.807, 2.05) is 0 Å². The van der Waals surface area contributed by atoms with Crippen LogP contribution in [-0.2, 0) is 4.79 Å². The van der Waals surface area contributed by atoms with Crippen molar-refractivity contribution in [1.29, 1.82) is 0 Å². The van der Waals surface area contributed by atoms with E-state index in [9.17, 15) is 4.79 Å². The summed E-state index contributed by atoms with van der Waals surface area (Å²) in [5, 5.41) is 6.47. The lowest BCUT2D eigenvalue weighted by Crippen LogP contribution is -2.36. The van der Waals surface area contributed by atoms with Gasteiger partial charge in [0.15, 0.2) is 0 Å². The molecule has 1 fully saturated rings. The van der Waals surface area contributed by atoms with E-state index in [-0.39, 0.29) is 5.91 Å². The molecule has 0 spiro atoms. The maximum atomic E-state index is 11.7. The molecule has 0 bridgehead atoms. The maximum Gasteiger partial charge on any atom is 0.220 e. The summed E-state index contributed by atoms with van der Waals surface area (Å²) in [4.78, 5) is 11.7. The molecule has 0 aromatic carbocycles. The molecule has 1 saturated carbocycles. The van der Waals surface area contributed by atoms with Crippen molar-refractivity contribution < 1.29 is 4.79 Å². The molecule has 1 amide bonds. The molecular formula is C13H26N2O. The summed E-state index contributed by atoms with van der Waals surface area (Å²) in [5.41, 5.74) is 0.